The van der Waals surface area contributed by atoms with Gasteiger partial charge in [0, 0.05) is 17.3 Å². The summed E-state index contributed by atoms with van der Waals surface area (Å²) >= 11 is 1.71. The minimum Gasteiger partial charge on any atom is -0.352 e. The van der Waals surface area contributed by atoms with Crippen molar-refractivity contribution in [2.75, 3.05) is 0 Å². The summed E-state index contributed by atoms with van der Waals surface area (Å²) in [6.07, 6.45) is 2.35. The van der Waals surface area contributed by atoms with E-state index in [9.17, 15) is 4.79 Å². The van der Waals surface area contributed by atoms with Crippen molar-refractivity contribution in [3.8, 4) is 0 Å². The van der Waals surface area contributed by atoms with Gasteiger partial charge in [-0.25, -0.2) is 0 Å². The van der Waals surface area contributed by atoms with E-state index < -0.39 is 6.04 Å². The number of rotatable bonds is 7. The van der Waals surface area contributed by atoms with Gasteiger partial charge >= 0.3 is 0 Å². The molecule has 3 nitrogen and oxygen atoms in total. The summed E-state index contributed by atoms with van der Waals surface area (Å²) in [6.45, 7) is 2.02. The molecule has 0 aliphatic carbocycles. The molecule has 1 heterocycles. The maximum atomic E-state index is 12.1. The summed E-state index contributed by atoms with van der Waals surface area (Å²) in [7, 11) is 0. The second-order valence-corrected chi connectivity index (χ2v) is 6.36. The van der Waals surface area contributed by atoms with E-state index in [0.29, 0.717) is 6.42 Å². The number of carbonyl (C=O) groups excluding carboxylic acids is 1. The van der Waals surface area contributed by atoms with Gasteiger partial charge < -0.3 is 11.1 Å². The Morgan fingerprint density at radius 3 is 2.67 bits per heavy atom. The van der Waals surface area contributed by atoms with Crippen molar-refractivity contribution in [1.29, 1.82) is 0 Å². The van der Waals surface area contributed by atoms with Crippen molar-refractivity contribution < 1.29 is 4.79 Å². The molecule has 112 valence electrons. The third kappa shape index (κ3) is 5.33. The summed E-state index contributed by atoms with van der Waals surface area (Å²) in [5.74, 6) is -0.0602. The quantitative estimate of drug-likeness (QED) is 0.826. The Morgan fingerprint density at radius 2 is 2.00 bits per heavy atom. The molecule has 0 radical (unpaired) electrons. The summed E-state index contributed by atoms with van der Waals surface area (Å²) in [5.41, 5.74) is 7.19. The van der Waals surface area contributed by atoms with Crippen LogP contribution in [0.1, 0.15) is 23.8 Å². The van der Waals surface area contributed by atoms with Gasteiger partial charge in [-0.05, 0) is 36.8 Å². The van der Waals surface area contributed by atoms with Crippen LogP contribution in [0.4, 0.5) is 0 Å². The van der Waals surface area contributed by atoms with E-state index in [-0.39, 0.29) is 11.9 Å². The Kier molecular flexibility index (Phi) is 5.96. The number of nitrogens with one attached hydrogen (secondary N) is 1. The van der Waals surface area contributed by atoms with E-state index in [4.69, 9.17) is 5.73 Å². The Hall–Kier alpha value is -1.65. The minimum absolute atomic E-state index is 0.0602. The molecular formula is C17H22N2OS. The maximum absolute atomic E-state index is 12.1. The van der Waals surface area contributed by atoms with E-state index >= 15 is 0 Å². The van der Waals surface area contributed by atoms with Gasteiger partial charge in [-0.2, -0.15) is 0 Å². The third-order valence-electron chi connectivity index (χ3n) is 3.40. The molecule has 0 spiro atoms. The van der Waals surface area contributed by atoms with E-state index in [2.05, 4.69) is 28.9 Å². The van der Waals surface area contributed by atoms with Crippen LogP contribution in [-0.4, -0.2) is 18.0 Å². The highest BCUT2D eigenvalue weighted by Gasteiger charge is 2.16. The average molecular weight is 302 g/mol. The lowest BCUT2D eigenvalue weighted by atomic mass is 10.0. The first kappa shape index (κ1) is 15.7. The van der Waals surface area contributed by atoms with E-state index in [1.54, 1.807) is 11.3 Å². The number of thiophene rings is 1. The standard InChI is InChI=1S/C17H22N2OS/c1-13(12-15-8-5-11-21-15)19-17(20)16(18)10-9-14-6-3-2-4-7-14/h2-8,11,13,16H,9-10,12,18H2,1H3,(H,19,20). The van der Waals surface area contributed by atoms with Crippen molar-refractivity contribution in [3.05, 3.63) is 58.3 Å². The van der Waals surface area contributed by atoms with Crippen LogP contribution in [0.5, 0.6) is 0 Å². The lowest BCUT2D eigenvalue weighted by molar-refractivity contribution is -0.123. The van der Waals surface area contributed by atoms with Crippen LogP contribution in [0.2, 0.25) is 0 Å². The van der Waals surface area contributed by atoms with Gasteiger partial charge in [0.1, 0.15) is 0 Å². The minimum atomic E-state index is -0.448. The fourth-order valence-electron chi connectivity index (χ4n) is 2.23. The maximum Gasteiger partial charge on any atom is 0.237 e. The van der Waals surface area contributed by atoms with E-state index in [1.165, 1.54) is 10.4 Å². The molecule has 1 amide bonds. The number of carbonyl (C=O) groups is 1. The van der Waals surface area contributed by atoms with Crippen LogP contribution < -0.4 is 11.1 Å². The Morgan fingerprint density at radius 1 is 1.24 bits per heavy atom. The first-order chi connectivity index (χ1) is 10.1. The second-order valence-electron chi connectivity index (χ2n) is 5.32. The van der Waals surface area contributed by atoms with Crippen molar-refractivity contribution in [2.24, 2.45) is 5.73 Å². The van der Waals surface area contributed by atoms with Crippen LogP contribution in [0.25, 0.3) is 0 Å². The molecule has 0 aliphatic heterocycles. The SMILES string of the molecule is CC(Cc1cccs1)NC(=O)C(N)CCc1ccccc1. The molecule has 3 N–H and O–H groups in total. The predicted molar refractivity (Wildman–Crippen MR) is 88.4 cm³/mol. The predicted octanol–water partition coefficient (Wildman–Crippen LogP) is 2.76. The summed E-state index contributed by atoms with van der Waals surface area (Å²) < 4.78 is 0. The van der Waals surface area contributed by atoms with Crippen LogP contribution in [0, 0.1) is 0 Å². The van der Waals surface area contributed by atoms with Gasteiger partial charge in [0.15, 0.2) is 0 Å². The zero-order chi connectivity index (χ0) is 15.1. The highest BCUT2D eigenvalue weighted by molar-refractivity contribution is 7.09. The molecule has 0 saturated carbocycles. The molecule has 0 saturated heterocycles. The molecular weight excluding hydrogens is 280 g/mol. The van der Waals surface area contributed by atoms with Gasteiger partial charge in [0.05, 0.1) is 6.04 Å². The molecule has 4 heteroatoms. The molecule has 2 aromatic rings. The van der Waals surface area contributed by atoms with Crippen molar-refractivity contribution >= 4 is 17.2 Å². The van der Waals surface area contributed by atoms with Crippen molar-refractivity contribution in [1.82, 2.24) is 5.32 Å². The highest BCUT2D eigenvalue weighted by Crippen LogP contribution is 2.11. The topological polar surface area (TPSA) is 55.1 Å². The van der Waals surface area contributed by atoms with Crippen LogP contribution in [-0.2, 0) is 17.6 Å². The Labute approximate surface area is 130 Å². The molecule has 1 aromatic carbocycles. The largest absolute Gasteiger partial charge is 0.352 e. The van der Waals surface area contributed by atoms with E-state index in [0.717, 1.165) is 12.8 Å². The molecule has 2 unspecified atom stereocenters. The van der Waals surface area contributed by atoms with Gasteiger partial charge in [-0.1, -0.05) is 36.4 Å². The van der Waals surface area contributed by atoms with Crippen molar-refractivity contribution in [2.45, 2.75) is 38.3 Å². The number of hydrogen-bond acceptors (Lipinski definition) is 3. The molecule has 2 rings (SSSR count). The number of nitrogens with two attached hydrogens (primary N) is 1. The average Bonchev–Trinajstić information content (AvgIpc) is 2.98. The van der Waals surface area contributed by atoms with Gasteiger partial charge in [-0.3, -0.25) is 4.79 Å². The lowest BCUT2D eigenvalue weighted by Gasteiger charge is -2.17. The van der Waals surface area contributed by atoms with Crippen LogP contribution in [0.3, 0.4) is 0 Å². The lowest BCUT2D eigenvalue weighted by Crippen LogP contribution is -2.45. The molecule has 0 fully saturated rings. The van der Waals surface area contributed by atoms with Gasteiger partial charge in [0.2, 0.25) is 5.91 Å². The molecule has 21 heavy (non-hydrogen) atoms. The molecule has 0 bridgehead atoms. The summed E-state index contributed by atoms with van der Waals surface area (Å²) in [5, 5.41) is 5.05. The van der Waals surface area contributed by atoms with E-state index in [1.807, 2.05) is 31.2 Å². The Balaban J connectivity index is 1.74. The van der Waals surface area contributed by atoms with Crippen LogP contribution >= 0.6 is 11.3 Å². The second kappa shape index (κ2) is 7.96. The van der Waals surface area contributed by atoms with Crippen LogP contribution in [0.15, 0.2) is 47.8 Å². The van der Waals surface area contributed by atoms with Gasteiger partial charge in [-0.15, -0.1) is 11.3 Å². The number of aryl methyl sites for hydroxylation is 1. The number of hydrogen-bond donors (Lipinski definition) is 2. The third-order valence-corrected chi connectivity index (χ3v) is 4.30. The zero-order valence-corrected chi connectivity index (χ0v) is 13.1. The molecule has 1 aromatic heterocycles. The molecule has 0 aliphatic rings. The highest BCUT2D eigenvalue weighted by atomic mass is 32.1. The number of amides is 1. The molecule has 2 atom stereocenters. The van der Waals surface area contributed by atoms with Gasteiger partial charge in [0.25, 0.3) is 0 Å². The normalized spacial score (nSPS) is 13.6. The number of benzene rings is 1. The summed E-state index contributed by atoms with van der Waals surface area (Å²) in [4.78, 5) is 13.3. The monoisotopic (exact) mass is 302 g/mol. The first-order valence-electron chi connectivity index (χ1n) is 7.27. The van der Waals surface area contributed by atoms with Crippen molar-refractivity contribution in [3.63, 3.8) is 0 Å². The Bertz CT molecular complexity index is 539. The fourth-order valence-corrected chi connectivity index (χ4v) is 3.06. The fraction of sp³-hybridized carbons (Fsp3) is 0.353. The zero-order valence-electron chi connectivity index (χ0n) is 12.3. The smallest absolute Gasteiger partial charge is 0.237 e. The first-order valence-corrected chi connectivity index (χ1v) is 8.15. The summed E-state index contributed by atoms with van der Waals surface area (Å²) in [6, 6.07) is 13.9.